The lowest BCUT2D eigenvalue weighted by Gasteiger charge is -2.23. The fourth-order valence-electron chi connectivity index (χ4n) is 2.62. The molecule has 0 spiro atoms. The first-order chi connectivity index (χ1) is 10.8. The first kappa shape index (κ1) is 16.9. The van der Waals surface area contributed by atoms with Gasteiger partial charge in [-0.3, -0.25) is 0 Å². The maximum Gasteiger partial charge on any atom is 0.163 e. The van der Waals surface area contributed by atoms with Gasteiger partial charge in [-0.25, -0.2) is 0 Å². The van der Waals surface area contributed by atoms with E-state index < -0.39 is 0 Å². The molecule has 1 aromatic rings. The van der Waals surface area contributed by atoms with Crippen LogP contribution in [-0.4, -0.2) is 32.8 Å². The van der Waals surface area contributed by atoms with Gasteiger partial charge in [0.1, 0.15) is 0 Å². The lowest BCUT2D eigenvalue weighted by Crippen LogP contribution is -2.31. The molecule has 2 N–H and O–H groups in total. The molecule has 0 atom stereocenters. The molecule has 0 aliphatic carbocycles. The van der Waals surface area contributed by atoms with Gasteiger partial charge in [0.15, 0.2) is 11.5 Å². The molecule has 4 heteroatoms. The van der Waals surface area contributed by atoms with Crippen molar-refractivity contribution in [3.63, 3.8) is 0 Å². The van der Waals surface area contributed by atoms with Crippen molar-refractivity contribution < 1.29 is 9.47 Å². The van der Waals surface area contributed by atoms with Crippen LogP contribution in [0.5, 0.6) is 11.5 Å². The van der Waals surface area contributed by atoms with Gasteiger partial charge in [0.05, 0.1) is 13.2 Å². The van der Waals surface area contributed by atoms with Crippen molar-refractivity contribution in [1.82, 2.24) is 5.32 Å². The smallest absolute Gasteiger partial charge is 0.163 e. The molecule has 0 radical (unpaired) electrons. The fraction of sp³-hybridized carbons (Fsp3) is 0.667. The van der Waals surface area contributed by atoms with Gasteiger partial charge in [0, 0.05) is 18.3 Å². The Morgan fingerprint density at radius 3 is 2.41 bits per heavy atom. The molecular formula is C18H30N2O2. The van der Waals surface area contributed by atoms with E-state index in [4.69, 9.17) is 9.47 Å². The van der Waals surface area contributed by atoms with Gasteiger partial charge in [-0.2, -0.15) is 0 Å². The third-order valence-corrected chi connectivity index (χ3v) is 3.92. The average Bonchev–Trinajstić information content (AvgIpc) is 2.58. The van der Waals surface area contributed by atoms with Crippen molar-refractivity contribution in [1.29, 1.82) is 0 Å². The van der Waals surface area contributed by atoms with Crippen molar-refractivity contribution in [3.8, 4) is 11.5 Å². The summed E-state index contributed by atoms with van der Waals surface area (Å²) in [6.07, 6.45) is 4.51. The minimum atomic E-state index is 0.722. The van der Waals surface area contributed by atoms with Crippen LogP contribution in [0.4, 0.5) is 5.69 Å². The highest BCUT2D eigenvalue weighted by Gasteiger charge is 2.13. The third-order valence-electron chi connectivity index (χ3n) is 3.92. The molecule has 124 valence electrons. The van der Waals surface area contributed by atoms with Crippen molar-refractivity contribution >= 4 is 5.69 Å². The number of anilines is 1. The highest BCUT2D eigenvalue weighted by Crippen LogP contribution is 2.31. The molecule has 0 unspecified atom stereocenters. The maximum atomic E-state index is 5.84. The van der Waals surface area contributed by atoms with E-state index in [-0.39, 0.29) is 0 Å². The Morgan fingerprint density at radius 2 is 1.73 bits per heavy atom. The summed E-state index contributed by atoms with van der Waals surface area (Å²) in [7, 11) is 0. The highest BCUT2D eigenvalue weighted by molar-refractivity contribution is 5.54. The molecular weight excluding hydrogens is 276 g/mol. The highest BCUT2D eigenvalue weighted by atomic mass is 16.5. The van der Waals surface area contributed by atoms with Crippen molar-refractivity contribution in [2.75, 3.05) is 38.2 Å². The predicted molar refractivity (Wildman–Crippen MR) is 92.1 cm³/mol. The summed E-state index contributed by atoms with van der Waals surface area (Å²) < 4.78 is 11.6. The quantitative estimate of drug-likeness (QED) is 0.730. The van der Waals surface area contributed by atoms with Gasteiger partial charge in [-0.15, -0.1) is 0 Å². The predicted octanol–water partition coefficient (Wildman–Crippen LogP) is 3.68. The zero-order valence-electron chi connectivity index (χ0n) is 14.0. The Labute approximate surface area is 134 Å². The second-order valence-corrected chi connectivity index (χ2v) is 5.93. The topological polar surface area (TPSA) is 42.5 Å². The van der Waals surface area contributed by atoms with Crippen LogP contribution in [0.3, 0.4) is 0 Å². The number of ether oxygens (including phenoxy) is 2. The lowest BCUT2D eigenvalue weighted by molar-refractivity contribution is 0.268. The van der Waals surface area contributed by atoms with Crippen LogP contribution in [0.25, 0.3) is 0 Å². The van der Waals surface area contributed by atoms with E-state index in [1.54, 1.807) is 0 Å². The lowest BCUT2D eigenvalue weighted by atomic mass is 9.98. The number of hydrogen-bond donors (Lipinski definition) is 2. The zero-order chi connectivity index (χ0) is 15.6. The molecule has 0 bridgehead atoms. The van der Waals surface area contributed by atoms with Crippen LogP contribution in [0.15, 0.2) is 18.2 Å². The number of piperidine rings is 1. The summed E-state index contributed by atoms with van der Waals surface area (Å²) in [5.74, 6) is 2.46. The van der Waals surface area contributed by atoms with E-state index in [1.807, 2.05) is 6.07 Å². The van der Waals surface area contributed by atoms with Gasteiger partial charge < -0.3 is 20.1 Å². The summed E-state index contributed by atoms with van der Waals surface area (Å²) in [5.41, 5.74) is 1.12. The Bertz CT molecular complexity index is 431. The molecule has 1 aromatic carbocycles. The minimum Gasteiger partial charge on any atom is -0.490 e. The Morgan fingerprint density at radius 1 is 1.05 bits per heavy atom. The Hall–Kier alpha value is -1.42. The van der Waals surface area contributed by atoms with Gasteiger partial charge >= 0.3 is 0 Å². The van der Waals surface area contributed by atoms with Crippen LogP contribution < -0.4 is 20.1 Å². The standard InChI is InChI=1S/C18H30N2O2/c1-3-11-21-17-6-5-16(13-18(17)22-12-4-2)20-14-15-7-9-19-10-8-15/h5-6,13,15,19-20H,3-4,7-12,14H2,1-2H3. The van der Waals surface area contributed by atoms with E-state index >= 15 is 0 Å². The molecule has 1 aliphatic rings. The van der Waals surface area contributed by atoms with E-state index in [2.05, 4.69) is 36.6 Å². The summed E-state index contributed by atoms with van der Waals surface area (Å²) in [5, 5.41) is 6.96. The second kappa shape index (κ2) is 9.57. The molecule has 0 saturated carbocycles. The first-order valence-corrected chi connectivity index (χ1v) is 8.67. The van der Waals surface area contributed by atoms with Crippen LogP contribution in [0, 0.1) is 5.92 Å². The van der Waals surface area contributed by atoms with Crippen LogP contribution >= 0.6 is 0 Å². The molecule has 0 amide bonds. The Kier molecular flexibility index (Phi) is 7.37. The molecule has 1 saturated heterocycles. The minimum absolute atomic E-state index is 0.722. The average molecular weight is 306 g/mol. The fourth-order valence-corrected chi connectivity index (χ4v) is 2.62. The van der Waals surface area contributed by atoms with Crippen LogP contribution in [0.2, 0.25) is 0 Å². The van der Waals surface area contributed by atoms with Crippen LogP contribution in [-0.2, 0) is 0 Å². The largest absolute Gasteiger partial charge is 0.490 e. The maximum absolute atomic E-state index is 5.84. The summed E-state index contributed by atoms with van der Waals surface area (Å²) >= 11 is 0. The molecule has 22 heavy (non-hydrogen) atoms. The van der Waals surface area contributed by atoms with Gasteiger partial charge in [0.2, 0.25) is 0 Å². The van der Waals surface area contributed by atoms with Gasteiger partial charge in [0.25, 0.3) is 0 Å². The molecule has 0 aromatic heterocycles. The molecule has 2 rings (SSSR count). The summed E-state index contributed by atoms with van der Waals surface area (Å²) in [6.45, 7) is 8.99. The number of hydrogen-bond acceptors (Lipinski definition) is 4. The Balaban J connectivity index is 1.94. The molecule has 1 aliphatic heterocycles. The van der Waals surface area contributed by atoms with Crippen molar-refractivity contribution in [2.24, 2.45) is 5.92 Å². The molecule has 1 heterocycles. The molecule has 4 nitrogen and oxygen atoms in total. The van der Waals surface area contributed by atoms with E-state index in [0.29, 0.717) is 0 Å². The number of rotatable bonds is 9. The van der Waals surface area contributed by atoms with Gasteiger partial charge in [-0.1, -0.05) is 13.8 Å². The zero-order valence-corrected chi connectivity index (χ0v) is 14.0. The second-order valence-electron chi connectivity index (χ2n) is 5.93. The monoisotopic (exact) mass is 306 g/mol. The number of nitrogens with one attached hydrogen (secondary N) is 2. The number of benzene rings is 1. The summed E-state index contributed by atoms with van der Waals surface area (Å²) in [4.78, 5) is 0. The van der Waals surface area contributed by atoms with Crippen LogP contribution in [0.1, 0.15) is 39.5 Å². The third kappa shape index (κ3) is 5.41. The van der Waals surface area contributed by atoms with E-state index in [9.17, 15) is 0 Å². The first-order valence-electron chi connectivity index (χ1n) is 8.67. The normalized spacial score (nSPS) is 15.5. The van der Waals surface area contributed by atoms with Crippen molar-refractivity contribution in [2.45, 2.75) is 39.5 Å². The van der Waals surface area contributed by atoms with E-state index in [0.717, 1.165) is 68.8 Å². The summed E-state index contributed by atoms with van der Waals surface area (Å²) in [6, 6.07) is 6.18. The SMILES string of the molecule is CCCOc1ccc(NCC2CCNCC2)cc1OCCC. The molecule has 1 fully saturated rings. The van der Waals surface area contributed by atoms with Gasteiger partial charge in [-0.05, 0) is 56.8 Å². The van der Waals surface area contributed by atoms with E-state index in [1.165, 1.54) is 12.8 Å². The van der Waals surface area contributed by atoms with Crippen molar-refractivity contribution in [3.05, 3.63) is 18.2 Å².